The summed E-state index contributed by atoms with van der Waals surface area (Å²) in [7, 11) is 0. The molecule has 3 rings (SSSR count). The highest BCUT2D eigenvalue weighted by Gasteiger charge is 2.25. The van der Waals surface area contributed by atoms with E-state index in [1.807, 2.05) is 54.6 Å². The quantitative estimate of drug-likeness (QED) is 0.795. The SMILES string of the molecule is N#CCC(=O)N1c2ccccc2COc2ccccc21. The van der Waals surface area contributed by atoms with Crippen molar-refractivity contribution in [1.82, 2.24) is 0 Å². The fourth-order valence-electron chi connectivity index (χ4n) is 2.32. The third-order valence-electron chi connectivity index (χ3n) is 3.20. The van der Waals surface area contributed by atoms with E-state index in [0.29, 0.717) is 18.0 Å². The Kier molecular flexibility index (Phi) is 3.10. The summed E-state index contributed by atoms with van der Waals surface area (Å²) in [5.74, 6) is 0.396. The average Bonchev–Trinajstić information content (AvgIpc) is 2.64. The third-order valence-corrected chi connectivity index (χ3v) is 3.20. The van der Waals surface area contributed by atoms with E-state index in [0.717, 1.165) is 11.3 Å². The molecule has 0 saturated carbocycles. The van der Waals surface area contributed by atoms with E-state index in [-0.39, 0.29) is 12.3 Å². The van der Waals surface area contributed by atoms with Crippen molar-refractivity contribution in [2.24, 2.45) is 0 Å². The number of fused-ring (bicyclic) bond motifs is 2. The normalized spacial score (nSPS) is 12.4. The van der Waals surface area contributed by atoms with Gasteiger partial charge in [-0.15, -0.1) is 0 Å². The summed E-state index contributed by atoms with van der Waals surface area (Å²) >= 11 is 0. The van der Waals surface area contributed by atoms with Gasteiger partial charge in [0.25, 0.3) is 0 Å². The van der Waals surface area contributed by atoms with Gasteiger partial charge in [-0.2, -0.15) is 5.26 Å². The Balaban J connectivity index is 2.19. The van der Waals surface area contributed by atoms with Crippen LogP contribution < -0.4 is 9.64 Å². The Labute approximate surface area is 116 Å². The van der Waals surface area contributed by atoms with Gasteiger partial charge in [0.05, 0.1) is 17.4 Å². The van der Waals surface area contributed by atoms with Crippen LogP contribution in [0.3, 0.4) is 0 Å². The highest BCUT2D eigenvalue weighted by molar-refractivity contribution is 6.03. The molecule has 0 fully saturated rings. The summed E-state index contributed by atoms with van der Waals surface area (Å²) in [6.07, 6.45) is -0.164. The van der Waals surface area contributed by atoms with Gasteiger partial charge in [0.1, 0.15) is 18.8 Å². The van der Waals surface area contributed by atoms with Gasteiger partial charge in [-0.05, 0) is 18.2 Å². The van der Waals surface area contributed by atoms with Crippen LogP contribution in [0.25, 0.3) is 0 Å². The van der Waals surface area contributed by atoms with Gasteiger partial charge in [-0.1, -0.05) is 30.3 Å². The zero-order valence-corrected chi connectivity index (χ0v) is 10.7. The zero-order valence-electron chi connectivity index (χ0n) is 10.7. The monoisotopic (exact) mass is 264 g/mol. The summed E-state index contributed by atoms with van der Waals surface area (Å²) < 4.78 is 5.76. The Hall–Kier alpha value is -2.80. The fraction of sp³-hybridized carbons (Fsp3) is 0.125. The van der Waals surface area contributed by atoms with E-state index in [1.54, 1.807) is 4.90 Å². The number of rotatable bonds is 1. The first kappa shape index (κ1) is 12.2. The molecule has 0 aliphatic carbocycles. The van der Waals surface area contributed by atoms with Crippen LogP contribution in [0.2, 0.25) is 0 Å². The molecule has 0 spiro atoms. The topological polar surface area (TPSA) is 53.3 Å². The number of carbonyl (C=O) groups excluding carboxylic acids is 1. The van der Waals surface area contributed by atoms with Crippen molar-refractivity contribution in [3.05, 3.63) is 54.1 Å². The molecule has 2 aromatic carbocycles. The largest absolute Gasteiger partial charge is 0.487 e. The van der Waals surface area contributed by atoms with E-state index < -0.39 is 0 Å². The van der Waals surface area contributed by atoms with Crippen molar-refractivity contribution >= 4 is 17.3 Å². The van der Waals surface area contributed by atoms with Gasteiger partial charge in [0, 0.05) is 5.56 Å². The molecule has 98 valence electrons. The number of nitrogens with zero attached hydrogens (tertiary/aromatic N) is 2. The minimum absolute atomic E-state index is 0.164. The first-order chi connectivity index (χ1) is 9.81. The molecule has 0 radical (unpaired) electrons. The number of carbonyl (C=O) groups is 1. The molecular formula is C16H12N2O2. The molecule has 20 heavy (non-hydrogen) atoms. The molecule has 0 bridgehead atoms. The van der Waals surface area contributed by atoms with Gasteiger partial charge >= 0.3 is 0 Å². The molecule has 4 nitrogen and oxygen atoms in total. The van der Waals surface area contributed by atoms with Crippen molar-refractivity contribution in [1.29, 1.82) is 5.26 Å². The maximum atomic E-state index is 12.3. The molecule has 1 aliphatic heterocycles. The first-order valence-electron chi connectivity index (χ1n) is 6.31. The molecule has 0 N–H and O–H groups in total. The van der Waals surface area contributed by atoms with Crippen LogP contribution in [-0.4, -0.2) is 5.91 Å². The standard InChI is InChI=1S/C16H12N2O2/c17-10-9-16(19)18-13-6-2-1-5-12(13)11-20-15-8-4-3-7-14(15)18/h1-8H,9,11H2. The van der Waals surface area contributed by atoms with Crippen LogP contribution in [0.5, 0.6) is 5.75 Å². The number of hydrogen-bond acceptors (Lipinski definition) is 3. The van der Waals surface area contributed by atoms with Crippen molar-refractivity contribution in [2.75, 3.05) is 4.90 Å². The molecule has 0 atom stereocenters. The summed E-state index contributed by atoms with van der Waals surface area (Å²) in [5.41, 5.74) is 2.38. The fourth-order valence-corrected chi connectivity index (χ4v) is 2.32. The van der Waals surface area contributed by atoms with Crippen molar-refractivity contribution in [3.8, 4) is 11.8 Å². The molecule has 1 aliphatic rings. The lowest BCUT2D eigenvalue weighted by atomic mass is 10.1. The number of para-hydroxylation sites is 3. The molecule has 0 saturated heterocycles. The van der Waals surface area contributed by atoms with Crippen LogP contribution in [0.4, 0.5) is 11.4 Å². The highest BCUT2D eigenvalue weighted by Crippen LogP contribution is 2.39. The van der Waals surface area contributed by atoms with E-state index in [1.165, 1.54) is 0 Å². The predicted octanol–water partition coefficient (Wildman–Crippen LogP) is 3.16. The van der Waals surface area contributed by atoms with Gasteiger partial charge in [0.2, 0.25) is 5.91 Å². The number of benzene rings is 2. The van der Waals surface area contributed by atoms with Gasteiger partial charge in [-0.3, -0.25) is 9.69 Å². The van der Waals surface area contributed by atoms with Gasteiger partial charge in [0.15, 0.2) is 0 Å². The van der Waals surface area contributed by atoms with Crippen molar-refractivity contribution in [2.45, 2.75) is 13.0 Å². The molecule has 1 amide bonds. The lowest BCUT2D eigenvalue weighted by Crippen LogP contribution is -2.25. The van der Waals surface area contributed by atoms with Crippen LogP contribution >= 0.6 is 0 Å². The predicted molar refractivity (Wildman–Crippen MR) is 74.6 cm³/mol. The van der Waals surface area contributed by atoms with E-state index in [2.05, 4.69) is 0 Å². The number of nitriles is 1. The van der Waals surface area contributed by atoms with E-state index >= 15 is 0 Å². The first-order valence-corrected chi connectivity index (χ1v) is 6.31. The minimum Gasteiger partial charge on any atom is -0.487 e. The lowest BCUT2D eigenvalue weighted by molar-refractivity contribution is -0.117. The number of anilines is 2. The van der Waals surface area contributed by atoms with E-state index in [9.17, 15) is 4.79 Å². The summed E-state index contributed by atoms with van der Waals surface area (Å²) in [6.45, 7) is 0.406. The maximum Gasteiger partial charge on any atom is 0.245 e. The third kappa shape index (κ3) is 1.99. The second kappa shape index (κ2) is 5.06. The molecule has 0 aromatic heterocycles. The second-order valence-corrected chi connectivity index (χ2v) is 4.45. The number of hydrogen-bond donors (Lipinski definition) is 0. The molecular weight excluding hydrogens is 252 g/mol. The second-order valence-electron chi connectivity index (χ2n) is 4.45. The Morgan fingerprint density at radius 2 is 1.85 bits per heavy atom. The molecule has 4 heteroatoms. The van der Waals surface area contributed by atoms with Crippen LogP contribution in [-0.2, 0) is 11.4 Å². The van der Waals surface area contributed by atoms with E-state index in [4.69, 9.17) is 10.00 Å². The van der Waals surface area contributed by atoms with Crippen molar-refractivity contribution < 1.29 is 9.53 Å². The van der Waals surface area contributed by atoms with Gasteiger partial charge in [-0.25, -0.2) is 0 Å². The summed E-state index contributed by atoms with van der Waals surface area (Å²) in [6, 6.07) is 16.9. The lowest BCUT2D eigenvalue weighted by Gasteiger charge is -2.22. The average molecular weight is 264 g/mol. The number of amides is 1. The van der Waals surface area contributed by atoms with Crippen LogP contribution in [0, 0.1) is 11.3 Å². The maximum absolute atomic E-state index is 12.3. The number of ether oxygens (including phenoxy) is 1. The van der Waals surface area contributed by atoms with Crippen molar-refractivity contribution in [3.63, 3.8) is 0 Å². The highest BCUT2D eigenvalue weighted by atomic mass is 16.5. The summed E-state index contributed by atoms with van der Waals surface area (Å²) in [4.78, 5) is 13.9. The van der Waals surface area contributed by atoms with Gasteiger partial charge < -0.3 is 4.74 Å². The Morgan fingerprint density at radius 3 is 2.65 bits per heavy atom. The smallest absolute Gasteiger partial charge is 0.245 e. The minimum atomic E-state index is -0.252. The summed E-state index contributed by atoms with van der Waals surface area (Å²) in [5, 5.41) is 8.80. The van der Waals surface area contributed by atoms with Crippen LogP contribution in [0.1, 0.15) is 12.0 Å². The zero-order chi connectivity index (χ0) is 13.9. The van der Waals surface area contributed by atoms with Crippen LogP contribution in [0.15, 0.2) is 48.5 Å². The molecule has 2 aromatic rings. The molecule has 0 unspecified atom stereocenters. The Morgan fingerprint density at radius 1 is 1.15 bits per heavy atom. The molecule has 1 heterocycles. The Bertz CT molecular complexity index is 656.